The molecule has 1 unspecified atom stereocenters. The van der Waals surface area contributed by atoms with Crippen LogP contribution in [0.15, 0.2) is 78.2 Å². The van der Waals surface area contributed by atoms with Crippen molar-refractivity contribution >= 4 is 12.1 Å². The number of hydrogen-bond acceptors (Lipinski definition) is 5. The van der Waals surface area contributed by atoms with Crippen LogP contribution in [0.3, 0.4) is 0 Å². The Morgan fingerprint density at radius 1 is 1.17 bits per heavy atom. The molecule has 1 fully saturated rings. The van der Waals surface area contributed by atoms with Crippen molar-refractivity contribution in [2.75, 3.05) is 7.11 Å². The number of hydrazone groups is 1. The number of carbonyl (C=O) groups is 1. The van der Waals surface area contributed by atoms with Crippen molar-refractivity contribution in [2.45, 2.75) is 18.9 Å². The molecule has 0 radical (unpaired) electrons. The summed E-state index contributed by atoms with van der Waals surface area (Å²) < 4.78 is 11.2. The first-order valence-corrected chi connectivity index (χ1v) is 9.82. The Morgan fingerprint density at radius 3 is 2.80 bits per heavy atom. The number of ether oxygens (including phenoxy) is 2. The van der Waals surface area contributed by atoms with E-state index in [1.165, 1.54) is 5.56 Å². The topological polar surface area (TPSA) is 72.8 Å². The summed E-state index contributed by atoms with van der Waals surface area (Å²) in [7, 11) is 1.59. The summed E-state index contributed by atoms with van der Waals surface area (Å²) in [5.41, 5.74) is 5.62. The quantitative estimate of drug-likeness (QED) is 0.459. The lowest BCUT2D eigenvalue weighted by atomic mass is 10.1. The second kappa shape index (κ2) is 9.22. The third-order valence-corrected chi connectivity index (χ3v) is 5.05. The highest BCUT2D eigenvalue weighted by atomic mass is 16.5. The van der Waals surface area contributed by atoms with Crippen LogP contribution in [0.2, 0.25) is 0 Å². The highest BCUT2D eigenvalue weighted by molar-refractivity contribution is 5.86. The maximum Gasteiger partial charge on any atom is 0.243 e. The summed E-state index contributed by atoms with van der Waals surface area (Å²) in [6, 6.07) is 19.4. The molecule has 30 heavy (non-hydrogen) atoms. The van der Waals surface area contributed by atoms with Gasteiger partial charge >= 0.3 is 0 Å². The summed E-state index contributed by atoms with van der Waals surface area (Å²) >= 11 is 0. The minimum Gasteiger partial charge on any atom is -0.493 e. The van der Waals surface area contributed by atoms with Crippen molar-refractivity contribution in [1.29, 1.82) is 0 Å². The van der Waals surface area contributed by atoms with Gasteiger partial charge in [0, 0.05) is 23.9 Å². The van der Waals surface area contributed by atoms with Crippen LogP contribution >= 0.6 is 0 Å². The third kappa shape index (κ3) is 4.84. The van der Waals surface area contributed by atoms with Gasteiger partial charge in [0.25, 0.3) is 0 Å². The van der Waals surface area contributed by atoms with E-state index in [-0.39, 0.29) is 17.7 Å². The lowest BCUT2D eigenvalue weighted by molar-refractivity contribution is -0.122. The molecular weight excluding hydrogens is 378 g/mol. The number of amides is 1. The molecule has 0 bridgehead atoms. The lowest BCUT2D eigenvalue weighted by Gasteiger charge is -2.11. The normalized spacial score (nSPS) is 17.5. The molecule has 3 aromatic rings. The number of hydrogen-bond donors (Lipinski definition) is 1. The summed E-state index contributed by atoms with van der Waals surface area (Å²) in [6.45, 7) is 0.400. The van der Waals surface area contributed by atoms with Crippen LogP contribution in [-0.4, -0.2) is 24.2 Å². The summed E-state index contributed by atoms with van der Waals surface area (Å²) in [6.07, 6.45) is 5.95. The van der Waals surface area contributed by atoms with E-state index < -0.39 is 0 Å². The van der Waals surface area contributed by atoms with Gasteiger partial charge in [-0.1, -0.05) is 36.4 Å². The maximum atomic E-state index is 12.3. The molecular formula is C24H23N3O3. The number of methoxy groups -OCH3 is 1. The standard InChI is InChI=1S/C24H23N3O3/c1-29-23-12-17(9-10-22(23)30-16-18-6-5-11-25-14-18)15-26-27-24(28)21-13-20(21)19-7-3-2-4-8-19/h2-12,14-15,20-21H,13,16H2,1H3,(H,27,28)/t20?,21-/m0/s1. The van der Waals surface area contributed by atoms with Crippen LogP contribution in [0, 0.1) is 5.92 Å². The molecule has 1 N–H and O–H groups in total. The number of benzene rings is 2. The van der Waals surface area contributed by atoms with E-state index in [4.69, 9.17) is 9.47 Å². The average Bonchev–Trinajstić information content (AvgIpc) is 3.60. The molecule has 6 heteroatoms. The van der Waals surface area contributed by atoms with Crippen LogP contribution < -0.4 is 14.9 Å². The van der Waals surface area contributed by atoms with Crippen LogP contribution in [0.4, 0.5) is 0 Å². The van der Waals surface area contributed by atoms with Gasteiger partial charge in [0.05, 0.1) is 13.3 Å². The molecule has 1 amide bonds. The Kier molecular flexibility index (Phi) is 6.03. The van der Waals surface area contributed by atoms with Crippen molar-refractivity contribution in [3.8, 4) is 11.5 Å². The molecule has 1 saturated carbocycles. The number of aromatic nitrogens is 1. The smallest absolute Gasteiger partial charge is 0.243 e. The number of carbonyl (C=O) groups excluding carboxylic acids is 1. The molecule has 1 aliphatic rings. The highest BCUT2D eigenvalue weighted by Crippen LogP contribution is 2.47. The Hall–Kier alpha value is -3.67. The van der Waals surface area contributed by atoms with Gasteiger partial charge in [0.1, 0.15) is 6.61 Å². The summed E-state index contributed by atoms with van der Waals surface area (Å²) in [5, 5.41) is 4.10. The molecule has 2 atom stereocenters. The average molecular weight is 401 g/mol. The SMILES string of the molecule is COc1cc(C=NNC(=O)[C@H]2CC2c2ccccc2)ccc1OCc1cccnc1. The zero-order valence-corrected chi connectivity index (χ0v) is 16.7. The van der Waals surface area contributed by atoms with E-state index >= 15 is 0 Å². The third-order valence-electron chi connectivity index (χ3n) is 5.05. The fourth-order valence-corrected chi connectivity index (χ4v) is 3.34. The van der Waals surface area contributed by atoms with Crippen molar-refractivity contribution in [1.82, 2.24) is 10.4 Å². The number of nitrogens with zero attached hydrogens (tertiary/aromatic N) is 2. The predicted octanol–water partition coefficient (Wildman–Crippen LogP) is 3.92. The second-order valence-corrected chi connectivity index (χ2v) is 7.15. The van der Waals surface area contributed by atoms with Gasteiger partial charge in [0.2, 0.25) is 5.91 Å². The van der Waals surface area contributed by atoms with E-state index in [0.29, 0.717) is 18.1 Å². The fraction of sp³-hybridized carbons (Fsp3) is 0.208. The zero-order valence-electron chi connectivity index (χ0n) is 16.7. The zero-order chi connectivity index (χ0) is 20.8. The van der Waals surface area contributed by atoms with Crippen molar-refractivity contribution in [2.24, 2.45) is 11.0 Å². The van der Waals surface area contributed by atoms with Crippen LogP contribution in [0.5, 0.6) is 11.5 Å². The number of nitrogens with one attached hydrogen (secondary N) is 1. The van der Waals surface area contributed by atoms with E-state index in [1.54, 1.807) is 25.7 Å². The molecule has 1 aromatic heterocycles. The largest absolute Gasteiger partial charge is 0.493 e. The monoisotopic (exact) mass is 401 g/mol. The van der Waals surface area contributed by atoms with Gasteiger partial charge in [-0.3, -0.25) is 9.78 Å². The van der Waals surface area contributed by atoms with Gasteiger partial charge in [-0.05, 0) is 47.7 Å². The van der Waals surface area contributed by atoms with Crippen molar-refractivity contribution < 1.29 is 14.3 Å². The van der Waals surface area contributed by atoms with Crippen LogP contribution in [-0.2, 0) is 11.4 Å². The first-order valence-electron chi connectivity index (χ1n) is 9.82. The van der Waals surface area contributed by atoms with E-state index in [0.717, 1.165) is 17.5 Å². The van der Waals surface area contributed by atoms with Crippen molar-refractivity contribution in [3.63, 3.8) is 0 Å². The van der Waals surface area contributed by atoms with Gasteiger partial charge < -0.3 is 9.47 Å². The Labute approximate surface area is 175 Å². The molecule has 1 aliphatic carbocycles. The van der Waals surface area contributed by atoms with Gasteiger partial charge in [0.15, 0.2) is 11.5 Å². The van der Waals surface area contributed by atoms with Gasteiger partial charge in [-0.25, -0.2) is 5.43 Å². The number of pyridine rings is 1. The summed E-state index contributed by atoms with van der Waals surface area (Å²) in [4.78, 5) is 16.4. The molecule has 0 saturated heterocycles. The van der Waals surface area contributed by atoms with E-state index in [2.05, 4.69) is 27.6 Å². The fourth-order valence-electron chi connectivity index (χ4n) is 3.34. The molecule has 0 aliphatic heterocycles. The highest BCUT2D eigenvalue weighted by Gasteiger charge is 2.43. The minimum absolute atomic E-state index is 0.0117. The minimum atomic E-state index is -0.0523. The lowest BCUT2D eigenvalue weighted by Crippen LogP contribution is -2.20. The Balaban J connectivity index is 1.32. The van der Waals surface area contributed by atoms with E-state index in [1.807, 2.05) is 48.5 Å². The first-order chi connectivity index (χ1) is 14.7. The number of rotatable bonds is 8. The molecule has 4 rings (SSSR count). The molecule has 152 valence electrons. The predicted molar refractivity (Wildman–Crippen MR) is 115 cm³/mol. The summed E-state index contributed by atoms with van der Waals surface area (Å²) in [5.74, 6) is 1.45. The maximum absolute atomic E-state index is 12.3. The van der Waals surface area contributed by atoms with Gasteiger partial charge in [-0.15, -0.1) is 0 Å². The Bertz CT molecular complexity index is 1020. The van der Waals surface area contributed by atoms with Crippen molar-refractivity contribution in [3.05, 3.63) is 89.7 Å². The molecule has 2 aromatic carbocycles. The van der Waals surface area contributed by atoms with Crippen LogP contribution in [0.1, 0.15) is 29.0 Å². The molecule has 0 spiro atoms. The van der Waals surface area contributed by atoms with Gasteiger partial charge in [-0.2, -0.15) is 5.10 Å². The Morgan fingerprint density at radius 2 is 2.03 bits per heavy atom. The first kappa shape index (κ1) is 19.6. The van der Waals surface area contributed by atoms with E-state index in [9.17, 15) is 4.79 Å². The second-order valence-electron chi connectivity index (χ2n) is 7.15. The van der Waals surface area contributed by atoms with Crippen LogP contribution in [0.25, 0.3) is 0 Å². The molecule has 6 nitrogen and oxygen atoms in total. The molecule has 1 heterocycles.